The number of rotatable bonds is 8. The molecule has 0 aromatic rings. The third-order valence-corrected chi connectivity index (χ3v) is 14.1. The SMILES string of the molecule is CCOC(OCC)[C@H]1C[C@H]2[C@H](C[C@@H](O[Si](C)(C)C(C)(C)C)[C@@H]3[C@@H]2C[C@@H](C)[C@H]3CC)[C@H]1O. The number of fused-ring (bicyclic) bond motifs is 3. The monoisotopic (exact) mass is 454 g/mol. The molecule has 182 valence electrons. The van der Waals surface area contributed by atoms with Crippen LogP contribution in [0.1, 0.15) is 74.1 Å². The largest absolute Gasteiger partial charge is 0.414 e. The molecule has 3 aliphatic rings. The smallest absolute Gasteiger partial charge is 0.192 e. The zero-order chi connectivity index (χ0) is 23.1. The van der Waals surface area contributed by atoms with Gasteiger partial charge in [0.2, 0.25) is 0 Å². The van der Waals surface area contributed by atoms with Gasteiger partial charge in [-0.3, -0.25) is 0 Å². The van der Waals surface area contributed by atoms with E-state index in [0.717, 1.165) is 24.7 Å². The number of aliphatic hydroxyl groups excluding tert-OH is 1. The molecule has 0 spiro atoms. The van der Waals surface area contributed by atoms with E-state index >= 15 is 0 Å². The molecule has 0 aliphatic heterocycles. The van der Waals surface area contributed by atoms with Crippen LogP contribution in [0.2, 0.25) is 18.1 Å². The van der Waals surface area contributed by atoms with Crippen molar-refractivity contribution >= 4 is 8.32 Å². The van der Waals surface area contributed by atoms with E-state index in [-0.39, 0.29) is 29.5 Å². The first kappa shape index (κ1) is 25.7. The average molecular weight is 455 g/mol. The molecule has 0 saturated heterocycles. The Morgan fingerprint density at radius 2 is 1.55 bits per heavy atom. The molecule has 1 N–H and O–H groups in total. The molecule has 3 saturated carbocycles. The molecule has 9 atom stereocenters. The van der Waals surface area contributed by atoms with Crippen LogP contribution in [0.4, 0.5) is 0 Å². The van der Waals surface area contributed by atoms with E-state index in [0.29, 0.717) is 36.9 Å². The van der Waals surface area contributed by atoms with Crippen LogP contribution < -0.4 is 0 Å². The molecule has 3 rings (SSSR count). The van der Waals surface area contributed by atoms with Crippen LogP contribution in [-0.2, 0) is 13.9 Å². The van der Waals surface area contributed by atoms with Gasteiger partial charge < -0.3 is 19.0 Å². The van der Waals surface area contributed by atoms with Gasteiger partial charge in [0.15, 0.2) is 14.6 Å². The van der Waals surface area contributed by atoms with Gasteiger partial charge in [0.05, 0.1) is 6.10 Å². The van der Waals surface area contributed by atoms with E-state index in [1.165, 1.54) is 12.8 Å². The Morgan fingerprint density at radius 1 is 0.935 bits per heavy atom. The van der Waals surface area contributed by atoms with Crippen molar-refractivity contribution < 1.29 is 19.0 Å². The molecule has 0 unspecified atom stereocenters. The summed E-state index contributed by atoms with van der Waals surface area (Å²) in [6.07, 6.45) is 4.22. The van der Waals surface area contributed by atoms with Crippen LogP contribution in [0.5, 0.6) is 0 Å². The molecule has 3 aliphatic carbocycles. The summed E-state index contributed by atoms with van der Waals surface area (Å²) in [4.78, 5) is 0. The van der Waals surface area contributed by atoms with Crippen molar-refractivity contribution in [2.24, 2.45) is 41.4 Å². The molecule has 4 nitrogen and oxygen atoms in total. The van der Waals surface area contributed by atoms with Crippen molar-refractivity contribution in [3.8, 4) is 0 Å². The second kappa shape index (κ2) is 9.73. The Hall–Kier alpha value is 0.0569. The first-order valence-electron chi connectivity index (χ1n) is 13.1. The van der Waals surface area contributed by atoms with Gasteiger partial charge in [-0.2, -0.15) is 0 Å². The summed E-state index contributed by atoms with van der Waals surface area (Å²) in [6, 6.07) is 0. The highest BCUT2D eigenvalue weighted by Gasteiger charge is 2.60. The molecule has 0 radical (unpaired) electrons. The summed E-state index contributed by atoms with van der Waals surface area (Å²) in [7, 11) is -1.88. The summed E-state index contributed by atoms with van der Waals surface area (Å²) in [6.45, 7) is 21.9. The summed E-state index contributed by atoms with van der Waals surface area (Å²) in [5, 5.41) is 11.7. The molecule has 0 heterocycles. The highest BCUT2D eigenvalue weighted by atomic mass is 28.4. The van der Waals surface area contributed by atoms with Gasteiger partial charge in [-0.05, 0) is 86.7 Å². The van der Waals surface area contributed by atoms with Crippen LogP contribution in [0.25, 0.3) is 0 Å². The fraction of sp³-hybridized carbons (Fsp3) is 1.00. The van der Waals surface area contributed by atoms with E-state index < -0.39 is 8.32 Å². The average Bonchev–Trinajstić information content (AvgIpc) is 3.17. The minimum absolute atomic E-state index is 0.0816. The molecule has 0 bridgehead atoms. The van der Waals surface area contributed by atoms with E-state index in [1.54, 1.807) is 0 Å². The molecular weight excluding hydrogens is 404 g/mol. The highest BCUT2D eigenvalue weighted by molar-refractivity contribution is 6.74. The maximum Gasteiger partial charge on any atom is 0.192 e. The predicted molar refractivity (Wildman–Crippen MR) is 129 cm³/mol. The van der Waals surface area contributed by atoms with E-state index in [1.807, 2.05) is 13.8 Å². The number of hydrogen-bond acceptors (Lipinski definition) is 4. The lowest BCUT2D eigenvalue weighted by atomic mass is 9.65. The Balaban J connectivity index is 1.89. The van der Waals surface area contributed by atoms with Gasteiger partial charge in [0.25, 0.3) is 0 Å². The maximum absolute atomic E-state index is 11.5. The standard InChI is InChI=1S/C26H50O4Si/c1-10-17-16(4)13-19-18-14-21(25(28-11-2)29-12-3)24(27)20(18)15-22(23(17)19)30-31(8,9)26(5,6)7/h16-25,27H,10-15H2,1-9H3/t16-,17-,18-,19-,20+,21+,22-,23+,24-/m1/s1. The summed E-state index contributed by atoms with van der Waals surface area (Å²) >= 11 is 0. The van der Waals surface area contributed by atoms with E-state index in [9.17, 15) is 5.11 Å². The summed E-state index contributed by atoms with van der Waals surface area (Å²) in [5.74, 6) is 3.76. The number of aliphatic hydroxyl groups is 1. The van der Waals surface area contributed by atoms with Crippen LogP contribution in [-0.4, -0.2) is 45.1 Å². The molecule has 0 amide bonds. The molecule has 31 heavy (non-hydrogen) atoms. The van der Waals surface area contributed by atoms with Crippen molar-refractivity contribution in [2.45, 2.75) is 111 Å². The first-order chi connectivity index (χ1) is 14.5. The minimum atomic E-state index is -1.88. The van der Waals surface area contributed by atoms with E-state index in [4.69, 9.17) is 13.9 Å². The zero-order valence-corrected chi connectivity index (χ0v) is 22.7. The van der Waals surface area contributed by atoms with Gasteiger partial charge in [0.1, 0.15) is 0 Å². The molecule has 0 aromatic heterocycles. The van der Waals surface area contributed by atoms with Crippen molar-refractivity contribution in [1.29, 1.82) is 0 Å². The number of ether oxygens (including phenoxy) is 2. The first-order valence-corrected chi connectivity index (χ1v) is 16.0. The Bertz CT molecular complexity index is 582. The third-order valence-electron chi connectivity index (χ3n) is 9.55. The van der Waals surface area contributed by atoms with Crippen LogP contribution in [0, 0.1) is 41.4 Å². The second-order valence-corrected chi connectivity index (χ2v) is 16.9. The molecular formula is C26H50O4Si. The lowest BCUT2D eigenvalue weighted by Crippen LogP contribution is -2.51. The van der Waals surface area contributed by atoms with Crippen molar-refractivity contribution in [3.05, 3.63) is 0 Å². The fourth-order valence-electron chi connectivity index (χ4n) is 7.15. The van der Waals surface area contributed by atoms with Gasteiger partial charge in [-0.1, -0.05) is 41.0 Å². The van der Waals surface area contributed by atoms with Gasteiger partial charge in [0, 0.05) is 25.2 Å². The predicted octanol–water partition coefficient (Wildman–Crippen LogP) is 6.09. The van der Waals surface area contributed by atoms with Gasteiger partial charge in [-0.25, -0.2) is 0 Å². The lowest BCUT2D eigenvalue weighted by Gasteiger charge is -2.49. The topological polar surface area (TPSA) is 47.9 Å². The Morgan fingerprint density at radius 3 is 2.06 bits per heavy atom. The normalized spacial score (nSPS) is 40.9. The second-order valence-electron chi connectivity index (χ2n) is 12.2. The van der Waals surface area contributed by atoms with E-state index in [2.05, 4.69) is 47.7 Å². The molecule has 0 aromatic carbocycles. The lowest BCUT2D eigenvalue weighted by molar-refractivity contribution is -0.183. The van der Waals surface area contributed by atoms with Gasteiger partial charge >= 0.3 is 0 Å². The van der Waals surface area contributed by atoms with Crippen LogP contribution >= 0.6 is 0 Å². The quantitative estimate of drug-likeness (QED) is 0.356. The summed E-state index contributed by atoms with van der Waals surface area (Å²) < 4.78 is 19.1. The fourth-order valence-corrected chi connectivity index (χ4v) is 8.52. The van der Waals surface area contributed by atoms with Gasteiger partial charge in [-0.15, -0.1) is 0 Å². The summed E-state index contributed by atoms with van der Waals surface area (Å²) in [5.41, 5.74) is 0. The van der Waals surface area contributed by atoms with Crippen LogP contribution in [0.15, 0.2) is 0 Å². The Labute approximate surface area is 192 Å². The minimum Gasteiger partial charge on any atom is -0.414 e. The third kappa shape index (κ3) is 4.82. The highest BCUT2D eigenvalue weighted by Crippen LogP contribution is 2.61. The zero-order valence-electron chi connectivity index (χ0n) is 21.7. The number of hydrogen-bond donors (Lipinski definition) is 1. The van der Waals surface area contributed by atoms with Crippen molar-refractivity contribution in [1.82, 2.24) is 0 Å². The van der Waals surface area contributed by atoms with Crippen molar-refractivity contribution in [2.75, 3.05) is 13.2 Å². The maximum atomic E-state index is 11.5. The Kier molecular flexibility index (Phi) is 8.06. The molecule has 3 fully saturated rings. The molecule has 5 heteroatoms. The van der Waals surface area contributed by atoms with Crippen LogP contribution in [0.3, 0.4) is 0 Å². The van der Waals surface area contributed by atoms with Crippen molar-refractivity contribution in [3.63, 3.8) is 0 Å².